The van der Waals surface area contributed by atoms with Crippen LogP contribution in [-0.4, -0.2) is 71.0 Å². The van der Waals surface area contributed by atoms with Gasteiger partial charge in [0.05, 0.1) is 23.6 Å². The number of aliphatic hydroxyl groups is 2. The molecule has 1 saturated heterocycles. The van der Waals surface area contributed by atoms with Crippen LogP contribution in [0.3, 0.4) is 0 Å². The topological polar surface area (TPSA) is 160 Å². The van der Waals surface area contributed by atoms with E-state index in [1.807, 2.05) is 25.1 Å². The lowest BCUT2D eigenvalue weighted by Gasteiger charge is -2.17. The van der Waals surface area contributed by atoms with E-state index >= 15 is 0 Å². The van der Waals surface area contributed by atoms with Crippen LogP contribution in [-0.2, 0) is 16.1 Å². The summed E-state index contributed by atoms with van der Waals surface area (Å²) in [7, 11) is 1.42. The molecule has 0 spiro atoms. The van der Waals surface area contributed by atoms with Crippen LogP contribution in [0.15, 0.2) is 43.0 Å². The van der Waals surface area contributed by atoms with E-state index in [0.717, 1.165) is 11.4 Å². The number of imidazole rings is 1. The van der Waals surface area contributed by atoms with E-state index in [9.17, 15) is 15.0 Å². The van der Waals surface area contributed by atoms with Crippen LogP contribution in [0.4, 0.5) is 5.82 Å². The van der Waals surface area contributed by atoms with Crippen molar-refractivity contribution in [2.24, 2.45) is 0 Å². The summed E-state index contributed by atoms with van der Waals surface area (Å²) in [6, 6.07) is 7.39. The average Bonchev–Trinajstić information content (AvgIpc) is 3.43. The lowest BCUT2D eigenvalue weighted by atomic mass is 10.1. The number of nitrogens with one attached hydrogen (secondary N) is 2. The summed E-state index contributed by atoms with van der Waals surface area (Å²) in [5, 5.41) is 27.2. The van der Waals surface area contributed by atoms with E-state index in [1.54, 1.807) is 12.3 Å². The van der Waals surface area contributed by atoms with Crippen molar-refractivity contribution in [2.45, 2.75) is 38.0 Å². The summed E-state index contributed by atoms with van der Waals surface area (Å²) in [6.45, 7) is 2.28. The lowest BCUT2D eigenvalue weighted by Crippen LogP contribution is -2.41. The molecule has 1 aliphatic rings. The molecule has 0 bridgehead atoms. The van der Waals surface area contributed by atoms with E-state index < -0.39 is 30.4 Å². The number of ether oxygens (including phenoxy) is 1. The van der Waals surface area contributed by atoms with Crippen molar-refractivity contribution in [1.29, 1.82) is 0 Å². The minimum atomic E-state index is -1.43. The van der Waals surface area contributed by atoms with Crippen molar-refractivity contribution in [3.05, 3.63) is 59.4 Å². The molecule has 4 aromatic heterocycles. The SMILES string of the molecule is CNC(=O)[C@H]1O[C@@H](n2cnc3c(NCc4cccc(C)n4)nc(-c4cncc(Cl)c4)nc32)[C@H](O)[C@@H]1O. The molecule has 4 N–H and O–H groups in total. The number of halogens is 1. The highest BCUT2D eigenvalue weighted by atomic mass is 35.5. The molecule has 4 atom stereocenters. The number of rotatable bonds is 6. The fourth-order valence-corrected chi connectivity index (χ4v) is 4.18. The third kappa shape index (κ3) is 4.46. The normalized spacial score (nSPS) is 21.6. The van der Waals surface area contributed by atoms with Gasteiger partial charge in [-0.25, -0.2) is 15.0 Å². The van der Waals surface area contributed by atoms with E-state index in [2.05, 4.69) is 35.6 Å². The zero-order chi connectivity index (χ0) is 25.4. The van der Waals surface area contributed by atoms with Gasteiger partial charge in [-0.2, -0.15) is 0 Å². The summed E-state index contributed by atoms with van der Waals surface area (Å²) in [5.74, 6) is 0.157. The smallest absolute Gasteiger partial charge is 0.251 e. The quantitative estimate of drug-likeness (QED) is 0.297. The Labute approximate surface area is 210 Å². The monoisotopic (exact) mass is 510 g/mol. The second kappa shape index (κ2) is 9.74. The maximum Gasteiger partial charge on any atom is 0.251 e. The Hall–Kier alpha value is -3.71. The molecule has 12 nitrogen and oxygen atoms in total. The van der Waals surface area contributed by atoms with Gasteiger partial charge in [0.1, 0.15) is 12.2 Å². The van der Waals surface area contributed by atoms with E-state index in [4.69, 9.17) is 16.3 Å². The number of anilines is 1. The summed E-state index contributed by atoms with van der Waals surface area (Å²) < 4.78 is 7.19. The third-order valence-corrected chi connectivity index (χ3v) is 5.99. The van der Waals surface area contributed by atoms with Gasteiger partial charge in [0.15, 0.2) is 35.1 Å². The van der Waals surface area contributed by atoms with Gasteiger partial charge in [0.25, 0.3) is 5.91 Å². The molecule has 0 aliphatic carbocycles. The van der Waals surface area contributed by atoms with Crippen molar-refractivity contribution < 1.29 is 19.7 Å². The third-order valence-electron chi connectivity index (χ3n) is 5.78. The summed E-state index contributed by atoms with van der Waals surface area (Å²) >= 11 is 6.14. The highest BCUT2D eigenvalue weighted by Crippen LogP contribution is 2.33. The van der Waals surface area contributed by atoms with E-state index in [1.165, 1.54) is 24.1 Å². The van der Waals surface area contributed by atoms with E-state index in [-0.39, 0.29) is 0 Å². The Morgan fingerprint density at radius 1 is 1.19 bits per heavy atom. The maximum absolute atomic E-state index is 12.1. The number of likely N-dealkylation sites (N-methyl/N-ethyl adjacent to an activating group) is 1. The van der Waals surface area contributed by atoms with Crippen LogP contribution in [0.25, 0.3) is 22.6 Å². The van der Waals surface area contributed by atoms with Crippen LogP contribution < -0.4 is 10.6 Å². The molecule has 1 fully saturated rings. The van der Waals surface area contributed by atoms with Gasteiger partial charge < -0.3 is 25.6 Å². The average molecular weight is 511 g/mol. The Morgan fingerprint density at radius 3 is 2.78 bits per heavy atom. The van der Waals surface area contributed by atoms with Crippen molar-refractivity contribution in [3.8, 4) is 11.4 Å². The van der Waals surface area contributed by atoms with Gasteiger partial charge in [-0.05, 0) is 25.1 Å². The number of carbonyl (C=O) groups excluding carboxylic acids is 1. The summed E-state index contributed by atoms with van der Waals surface area (Å²) in [4.78, 5) is 34.4. The molecule has 0 aromatic carbocycles. The molecule has 1 aliphatic heterocycles. The Kier molecular flexibility index (Phi) is 6.49. The first-order valence-corrected chi connectivity index (χ1v) is 11.5. The number of amides is 1. The first kappa shape index (κ1) is 24.0. The van der Waals surface area contributed by atoms with Gasteiger partial charge in [0.2, 0.25) is 0 Å². The number of carbonyl (C=O) groups is 1. The van der Waals surface area contributed by atoms with Gasteiger partial charge in [0, 0.05) is 30.7 Å². The van der Waals surface area contributed by atoms with Crippen LogP contribution >= 0.6 is 11.6 Å². The number of aromatic nitrogens is 6. The first-order valence-electron chi connectivity index (χ1n) is 11.1. The predicted molar refractivity (Wildman–Crippen MR) is 130 cm³/mol. The van der Waals surface area contributed by atoms with Crippen molar-refractivity contribution in [3.63, 3.8) is 0 Å². The van der Waals surface area contributed by atoms with Gasteiger partial charge >= 0.3 is 0 Å². The minimum Gasteiger partial charge on any atom is -0.387 e. The van der Waals surface area contributed by atoms with Crippen molar-refractivity contribution >= 4 is 34.5 Å². The Bertz CT molecular complexity index is 1430. The number of aryl methyl sites for hydroxylation is 1. The van der Waals surface area contributed by atoms with Crippen molar-refractivity contribution in [2.75, 3.05) is 12.4 Å². The summed E-state index contributed by atoms with van der Waals surface area (Å²) in [5.41, 5.74) is 2.96. The molecule has 36 heavy (non-hydrogen) atoms. The fourth-order valence-electron chi connectivity index (χ4n) is 4.01. The van der Waals surface area contributed by atoms with Crippen LogP contribution in [0, 0.1) is 6.92 Å². The molecule has 5 rings (SSSR count). The molecule has 0 saturated carbocycles. The fraction of sp³-hybridized carbons (Fsp3) is 0.304. The molecule has 4 aromatic rings. The first-order chi connectivity index (χ1) is 17.4. The zero-order valence-electron chi connectivity index (χ0n) is 19.3. The molecular formula is C23H23ClN8O4. The largest absolute Gasteiger partial charge is 0.387 e. The molecule has 5 heterocycles. The number of pyridine rings is 2. The Balaban J connectivity index is 1.58. The number of fused-ring (bicyclic) bond motifs is 1. The molecule has 0 unspecified atom stereocenters. The number of hydrogen-bond donors (Lipinski definition) is 4. The number of hydrogen-bond acceptors (Lipinski definition) is 10. The maximum atomic E-state index is 12.1. The second-order valence-electron chi connectivity index (χ2n) is 8.28. The predicted octanol–water partition coefficient (Wildman–Crippen LogP) is 1.22. The lowest BCUT2D eigenvalue weighted by molar-refractivity contribution is -0.137. The van der Waals surface area contributed by atoms with Gasteiger partial charge in [-0.15, -0.1) is 0 Å². The van der Waals surface area contributed by atoms with Crippen molar-refractivity contribution in [1.82, 2.24) is 34.8 Å². The highest BCUT2D eigenvalue weighted by Gasteiger charge is 2.47. The van der Waals surface area contributed by atoms with E-state index in [0.29, 0.717) is 39.9 Å². The molecule has 0 radical (unpaired) electrons. The van der Waals surface area contributed by atoms with Gasteiger partial charge in [-0.1, -0.05) is 17.7 Å². The highest BCUT2D eigenvalue weighted by molar-refractivity contribution is 6.30. The zero-order valence-corrected chi connectivity index (χ0v) is 20.1. The minimum absolute atomic E-state index is 0.301. The number of aliphatic hydroxyl groups excluding tert-OH is 2. The second-order valence-corrected chi connectivity index (χ2v) is 8.71. The van der Waals surface area contributed by atoms with Gasteiger partial charge in [-0.3, -0.25) is 19.3 Å². The van der Waals surface area contributed by atoms with Crippen LogP contribution in [0.5, 0.6) is 0 Å². The summed E-state index contributed by atoms with van der Waals surface area (Å²) in [6.07, 6.45) is -0.706. The standard InChI is InChI=1S/C23H23ClN8O4/c1-11-4-3-5-14(29-11)9-27-20-15-21(31-19(30-20)12-6-13(24)8-26-7-12)32(10-28-15)23-17(34)16(33)18(36-23)22(35)25-2/h3-8,10,16-18,23,33-34H,9H2,1-2H3,(H,25,35)(H,27,30,31)/t16-,17+,18-,23+/m0/s1. The molecule has 1 amide bonds. The number of nitrogens with zero attached hydrogens (tertiary/aromatic N) is 6. The van der Waals surface area contributed by atoms with Crippen LogP contribution in [0.2, 0.25) is 5.02 Å². The molecule has 186 valence electrons. The van der Waals surface area contributed by atoms with Crippen LogP contribution in [0.1, 0.15) is 17.6 Å². The molecular weight excluding hydrogens is 488 g/mol. The molecule has 13 heteroatoms. The Morgan fingerprint density at radius 2 is 2.03 bits per heavy atom.